The number of rotatable bonds is 71. The Morgan fingerprint density at radius 2 is 0.452 bits per heavy atom. The highest BCUT2D eigenvalue weighted by Crippen LogP contribution is 2.45. The number of carbonyl (C=O) groups excluding carboxylic acids is 4. The Morgan fingerprint density at radius 1 is 0.269 bits per heavy atom. The molecule has 3 unspecified atom stereocenters. The minimum Gasteiger partial charge on any atom is -0.462 e. The molecule has 0 aromatic rings. The summed E-state index contributed by atoms with van der Waals surface area (Å²) in [6.45, 7) is 14.1. The van der Waals surface area contributed by atoms with Gasteiger partial charge in [0, 0.05) is 25.7 Å². The second-order valence-electron chi connectivity index (χ2n) is 28.6. The fraction of sp³-hybridized carbons (Fsp3) is 0.946. The molecule has 0 aliphatic heterocycles. The van der Waals surface area contributed by atoms with Crippen LogP contribution in [0.5, 0.6) is 0 Å². The van der Waals surface area contributed by atoms with Crippen molar-refractivity contribution in [2.75, 3.05) is 39.6 Å². The number of aliphatic hydroxyl groups excluding tert-OH is 1. The Balaban J connectivity index is 5.23. The topological polar surface area (TPSA) is 237 Å². The number of phosphoric ester groups is 2. The molecule has 0 heterocycles. The van der Waals surface area contributed by atoms with Crippen LogP contribution in [0.1, 0.15) is 370 Å². The maximum absolute atomic E-state index is 13.1. The third-order valence-electron chi connectivity index (χ3n) is 17.1. The number of ether oxygens (including phenoxy) is 4. The molecular weight excluding hydrogens is 1220 g/mol. The van der Waals surface area contributed by atoms with E-state index >= 15 is 0 Å². The normalized spacial score (nSPS) is 14.2. The zero-order chi connectivity index (χ0) is 68.9. The van der Waals surface area contributed by atoms with Crippen LogP contribution in [0, 0.1) is 23.7 Å². The molecule has 0 aromatic heterocycles. The van der Waals surface area contributed by atoms with Crippen LogP contribution in [-0.2, 0) is 65.4 Å². The van der Waals surface area contributed by atoms with Crippen molar-refractivity contribution in [3.8, 4) is 0 Å². The largest absolute Gasteiger partial charge is 0.472 e. The highest BCUT2D eigenvalue weighted by Gasteiger charge is 2.30. The molecule has 0 radical (unpaired) electrons. The number of hydrogen-bond acceptors (Lipinski definition) is 15. The number of aliphatic hydroxyl groups is 1. The van der Waals surface area contributed by atoms with E-state index in [1.807, 2.05) is 0 Å². The molecular formula is C74H144O17P2. The molecule has 17 nitrogen and oxygen atoms in total. The molecule has 0 amide bonds. The van der Waals surface area contributed by atoms with Crippen LogP contribution in [0.25, 0.3) is 0 Å². The Hall–Kier alpha value is -1.94. The summed E-state index contributed by atoms with van der Waals surface area (Å²) in [5, 5.41) is 10.6. The molecule has 0 rings (SSSR count). The molecule has 0 aliphatic carbocycles. The second-order valence-corrected chi connectivity index (χ2v) is 31.5. The molecule has 0 saturated heterocycles. The highest BCUT2D eigenvalue weighted by molar-refractivity contribution is 7.47. The Morgan fingerprint density at radius 3 is 0.667 bits per heavy atom. The van der Waals surface area contributed by atoms with Crippen molar-refractivity contribution in [1.29, 1.82) is 0 Å². The van der Waals surface area contributed by atoms with E-state index < -0.39 is 97.5 Å². The number of esters is 4. The van der Waals surface area contributed by atoms with Gasteiger partial charge in [0.1, 0.15) is 19.3 Å². The summed E-state index contributed by atoms with van der Waals surface area (Å²) in [4.78, 5) is 72.7. The smallest absolute Gasteiger partial charge is 0.462 e. The maximum atomic E-state index is 13.1. The molecule has 0 fully saturated rings. The van der Waals surface area contributed by atoms with E-state index in [1.54, 1.807) is 0 Å². The van der Waals surface area contributed by atoms with Crippen molar-refractivity contribution in [3.63, 3.8) is 0 Å². The summed E-state index contributed by atoms with van der Waals surface area (Å²) in [5.41, 5.74) is 0. The number of unbranched alkanes of at least 4 members (excludes halogenated alkanes) is 37. The summed E-state index contributed by atoms with van der Waals surface area (Å²) >= 11 is 0. The number of phosphoric acid groups is 2. The van der Waals surface area contributed by atoms with E-state index in [0.29, 0.717) is 25.7 Å². The average molecular weight is 1370 g/mol. The molecule has 552 valence electrons. The first kappa shape index (κ1) is 91.1. The third-order valence-corrected chi connectivity index (χ3v) is 19.0. The quantitative estimate of drug-likeness (QED) is 0.0222. The molecule has 19 heteroatoms. The fourth-order valence-corrected chi connectivity index (χ4v) is 12.8. The number of carbonyl (C=O) groups is 4. The van der Waals surface area contributed by atoms with Crippen molar-refractivity contribution in [2.45, 2.75) is 388 Å². The minimum absolute atomic E-state index is 0.104. The minimum atomic E-state index is -4.96. The van der Waals surface area contributed by atoms with Gasteiger partial charge in [-0.3, -0.25) is 37.3 Å². The standard InChI is InChI=1S/C74H144O17P2/c1-64(2)50-42-34-26-18-15-13-11-9-10-12-14-16-20-32-40-48-56-73(78)90-69(60-84-71(76)54-46-38-30-21-17-19-27-35-43-51-65(3)4)62-88-92(80,81)86-58-68(75)59-87-93(82,83)89-63-70(91-74(79)57-49-41-33-25-23-29-37-45-53-67(7)8)61-85-72(77)55-47-39-31-24-22-28-36-44-52-66(5)6/h64-70,75H,9-63H2,1-8H3,(H,80,81)(H,82,83)/t68?,69-,70-/m1/s1. The van der Waals surface area contributed by atoms with Crippen LogP contribution in [-0.4, -0.2) is 96.7 Å². The van der Waals surface area contributed by atoms with Crippen LogP contribution in [0.4, 0.5) is 0 Å². The predicted molar refractivity (Wildman–Crippen MR) is 377 cm³/mol. The van der Waals surface area contributed by atoms with Crippen LogP contribution in [0.3, 0.4) is 0 Å². The fourth-order valence-electron chi connectivity index (χ4n) is 11.2. The summed E-state index contributed by atoms with van der Waals surface area (Å²) in [5.74, 6) is 0.872. The molecule has 93 heavy (non-hydrogen) atoms. The van der Waals surface area contributed by atoms with Gasteiger partial charge in [0.25, 0.3) is 0 Å². The highest BCUT2D eigenvalue weighted by atomic mass is 31.2. The van der Waals surface area contributed by atoms with Gasteiger partial charge in [-0.05, 0) is 49.4 Å². The molecule has 0 bridgehead atoms. The molecule has 0 spiro atoms. The van der Waals surface area contributed by atoms with Gasteiger partial charge in [0.15, 0.2) is 12.2 Å². The van der Waals surface area contributed by atoms with Crippen LogP contribution >= 0.6 is 15.6 Å². The maximum Gasteiger partial charge on any atom is 0.472 e. The van der Waals surface area contributed by atoms with Crippen molar-refractivity contribution >= 4 is 39.5 Å². The lowest BCUT2D eigenvalue weighted by Crippen LogP contribution is -2.30. The molecule has 0 aromatic carbocycles. The van der Waals surface area contributed by atoms with Gasteiger partial charge in [-0.25, -0.2) is 9.13 Å². The monoisotopic (exact) mass is 1370 g/mol. The Bertz CT molecular complexity index is 1830. The average Bonchev–Trinajstić information content (AvgIpc) is 2.31. The Kier molecular flexibility index (Phi) is 62.2. The van der Waals surface area contributed by atoms with E-state index in [2.05, 4.69) is 55.4 Å². The lowest BCUT2D eigenvalue weighted by molar-refractivity contribution is -0.161. The first-order valence-corrected chi connectivity index (χ1v) is 41.2. The third kappa shape index (κ3) is 68.4. The molecule has 3 N–H and O–H groups in total. The van der Waals surface area contributed by atoms with E-state index in [9.17, 15) is 43.2 Å². The van der Waals surface area contributed by atoms with E-state index in [0.717, 1.165) is 114 Å². The SMILES string of the molecule is CC(C)CCCCCCCCCCCCCCCCCCC(=O)O[C@H](COC(=O)CCCCCCCCCCCC(C)C)COP(=O)(O)OCC(O)COP(=O)(O)OC[C@@H](COC(=O)CCCCCCCCCCC(C)C)OC(=O)CCCCCCCCCCC(C)C. The van der Waals surface area contributed by atoms with E-state index in [-0.39, 0.29) is 25.7 Å². The molecule has 5 atom stereocenters. The van der Waals surface area contributed by atoms with Crippen LogP contribution in [0.15, 0.2) is 0 Å². The van der Waals surface area contributed by atoms with E-state index in [1.165, 1.54) is 173 Å². The summed E-state index contributed by atoms with van der Waals surface area (Å²) in [7, 11) is -9.91. The van der Waals surface area contributed by atoms with Gasteiger partial charge in [0.2, 0.25) is 0 Å². The van der Waals surface area contributed by atoms with Gasteiger partial charge < -0.3 is 33.8 Å². The Labute approximate surface area is 568 Å². The van der Waals surface area contributed by atoms with Crippen molar-refractivity contribution in [3.05, 3.63) is 0 Å². The van der Waals surface area contributed by atoms with Gasteiger partial charge >= 0.3 is 39.5 Å². The van der Waals surface area contributed by atoms with Gasteiger partial charge in [0.05, 0.1) is 26.4 Å². The second kappa shape index (κ2) is 63.5. The van der Waals surface area contributed by atoms with Crippen LogP contribution in [0.2, 0.25) is 0 Å². The summed E-state index contributed by atoms with van der Waals surface area (Å²) in [6, 6.07) is 0. The summed E-state index contributed by atoms with van der Waals surface area (Å²) < 4.78 is 68.4. The number of hydrogen-bond donors (Lipinski definition) is 3. The summed E-state index contributed by atoms with van der Waals surface area (Å²) in [6.07, 6.45) is 47.3. The van der Waals surface area contributed by atoms with Gasteiger partial charge in [-0.15, -0.1) is 0 Å². The lowest BCUT2D eigenvalue weighted by atomic mass is 10.0. The first-order chi connectivity index (χ1) is 44.6. The van der Waals surface area contributed by atoms with E-state index in [4.69, 9.17) is 37.0 Å². The van der Waals surface area contributed by atoms with Crippen molar-refractivity contribution in [1.82, 2.24) is 0 Å². The van der Waals surface area contributed by atoms with Gasteiger partial charge in [-0.2, -0.15) is 0 Å². The van der Waals surface area contributed by atoms with Crippen molar-refractivity contribution < 1.29 is 80.2 Å². The predicted octanol–water partition coefficient (Wildman–Crippen LogP) is 21.3. The van der Waals surface area contributed by atoms with Crippen LogP contribution < -0.4 is 0 Å². The lowest BCUT2D eigenvalue weighted by Gasteiger charge is -2.21. The zero-order valence-corrected chi connectivity index (χ0v) is 62.7. The zero-order valence-electron chi connectivity index (χ0n) is 60.9. The molecule has 0 aliphatic rings. The molecule has 0 saturated carbocycles. The van der Waals surface area contributed by atoms with Crippen molar-refractivity contribution in [2.24, 2.45) is 23.7 Å². The van der Waals surface area contributed by atoms with Gasteiger partial charge in [-0.1, -0.05) is 319 Å². The first-order valence-electron chi connectivity index (χ1n) is 38.2.